The van der Waals surface area contributed by atoms with Crippen molar-refractivity contribution in [3.63, 3.8) is 0 Å². The second-order valence-corrected chi connectivity index (χ2v) is 5.24. The molecule has 0 aromatic carbocycles. The van der Waals surface area contributed by atoms with Crippen molar-refractivity contribution in [2.45, 2.75) is 31.2 Å². The van der Waals surface area contributed by atoms with E-state index in [1.165, 1.54) is 0 Å². The SMILES string of the molecule is CNC(=O)C1(CC=O)CN1CCCN1CCCC1=O. The zero-order valence-corrected chi connectivity index (χ0v) is 11.4. The van der Waals surface area contributed by atoms with Crippen LogP contribution in [0.25, 0.3) is 0 Å². The summed E-state index contributed by atoms with van der Waals surface area (Å²) in [5, 5.41) is 2.62. The molecular weight excluding hydrogens is 246 g/mol. The van der Waals surface area contributed by atoms with Crippen molar-refractivity contribution in [3.05, 3.63) is 0 Å². The van der Waals surface area contributed by atoms with Gasteiger partial charge in [-0.3, -0.25) is 14.5 Å². The van der Waals surface area contributed by atoms with Crippen molar-refractivity contribution in [1.29, 1.82) is 0 Å². The lowest BCUT2D eigenvalue weighted by molar-refractivity contribution is -0.128. The summed E-state index contributed by atoms with van der Waals surface area (Å²) >= 11 is 0. The summed E-state index contributed by atoms with van der Waals surface area (Å²) in [5.74, 6) is 0.146. The zero-order valence-electron chi connectivity index (χ0n) is 11.4. The van der Waals surface area contributed by atoms with E-state index in [-0.39, 0.29) is 18.2 Å². The number of nitrogens with zero attached hydrogens (tertiary/aromatic N) is 2. The third-order valence-corrected chi connectivity index (χ3v) is 4.05. The van der Waals surface area contributed by atoms with Gasteiger partial charge in [0.1, 0.15) is 11.8 Å². The van der Waals surface area contributed by atoms with Gasteiger partial charge in [-0.25, -0.2) is 0 Å². The van der Waals surface area contributed by atoms with Gasteiger partial charge in [0.25, 0.3) is 0 Å². The van der Waals surface area contributed by atoms with Gasteiger partial charge in [-0.15, -0.1) is 0 Å². The van der Waals surface area contributed by atoms with Crippen molar-refractivity contribution in [1.82, 2.24) is 15.1 Å². The Bertz CT molecular complexity index is 385. The molecule has 2 saturated heterocycles. The summed E-state index contributed by atoms with van der Waals surface area (Å²) in [5.41, 5.74) is -0.620. The molecular formula is C13H21N3O3. The minimum Gasteiger partial charge on any atom is -0.358 e. The van der Waals surface area contributed by atoms with E-state index in [4.69, 9.17) is 0 Å². The molecule has 2 rings (SSSR count). The molecule has 19 heavy (non-hydrogen) atoms. The van der Waals surface area contributed by atoms with Gasteiger partial charge >= 0.3 is 0 Å². The number of amides is 2. The van der Waals surface area contributed by atoms with Crippen molar-refractivity contribution in [2.75, 3.05) is 33.2 Å². The molecule has 6 nitrogen and oxygen atoms in total. The number of hydrogen-bond donors (Lipinski definition) is 1. The Morgan fingerprint density at radius 1 is 1.47 bits per heavy atom. The average molecular weight is 267 g/mol. The number of aldehydes is 1. The number of rotatable bonds is 7. The normalized spacial score (nSPS) is 29.4. The maximum Gasteiger partial charge on any atom is 0.242 e. The molecule has 0 aromatic rings. The zero-order chi connectivity index (χ0) is 13.9. The van der Waals surface area contributed by atoms with Crippen LogP contribution < -0.4 is 5.32 Å². The van der Waals surface area contributed by atoms with E-state index in [0.717, 1.165) is 38.8 Å². The van der Waals surface area contributed by atoms with Gasteiger partial charge in [-0.1, -0.05) is 0 Å². The highest BCUT2D eigenvalue weighted by Gasteiger charge is 2.56. The van der Waals surface area contributed by atoms with Gasteiger partial charge in [0.05, 0.1) is 0 Å². The van der Waals surface area contributed by atoms with E-state index in [1.807, 2.05) is 9.80 Å². The van der Waals surface area contributed by atoms with Gasteiger partial charge in [-0.05, 0) is 12.8 Å². The van der Waals surface area contributed by atoms with E-state index in [0.29, 0.717) is 13.0 Å². The third kappa shape index (κ3) is 2.78. The Balaban J connectivity index is 1.76. The Morgan fingerprint density at radius 3 is 2.84 bits per heavy atom. The Kier molecular flexibility index (Phi) is 4.19. The molecule has 2 aliphatic rings. The molecule has 2 atom stereocenters. The molecule has 2 amide bonds. The van der Waals surface area contributed by atoms with E-state index in [2.05, 4.69) is 5.32 Å². The second kappa shape index (κ2) is 5.69. The maximum absolute atomic E-state index is 11.8. The lowest BCUT2D eigenvalue weighted by Gasteiger charge is -2.17. The van der Waals surface area contributed by atoms with E-state index in [9.17, 15) is 14.4 Å². The minimum atomic E-state index is -0.620. The average Bonchev–Trinajstić information content (AvgIpc) is 2.95. The second-order valence-electron chi connectivity index (χ2n) is 5.24. The van der Waals surface area contributed by atoms with E-state index in [1.54, 1.807) is 7.05 Å². The van der Waals surface area contributed by atoms with Crippen LogP contribution in [0.1, 0.15) is 25.7 Å². The van der Waals surface area contributed by atoms with Crippen LogP contribution in [0.2, 0.25) is 0 Å². The predicted octanol–water partition coefficient (Wildman–Crippen LogP) is -0.612. The highest BCUT2D eigenvalue weighted by Crippen LogP contribution is 2.35. The standard InChI is InChI=1S/C13H21N3O3/c1-14-12(19)13(5-9-17)10-16(13)8-3-7-15-6-2-4-11(15)18/h9H,2-8,10H2,1H3,(H,14,19). The number of likely N-dealkylation sites (tertiary alicyclic amines) is 1. The number of likely N-dealkylation sites (N-methyl/N-ethyl adjacent to an activating group) is 1. The van der Waals surface area contributed by atoms with Crippen molar-refractivity contribution < 1.29 is 14.4 Å². The van der Waals surface area contributed by atoms with Gasteiger partial charge in [-0.2, -0.15) is 0 Å². The Hall–Kier alpha value is -1.43. The molecule has 0 aromatic heterocycles. The first kappa shape index (κ1) is 14.0. The first-order chi connectivity index (χ1) is 9.14. The fourth-order valence-electron chi connectivity index (χ4n) is 2.84. The summed E-state index contributed by atoms with van der Waals surface area (Å²) < 4.78 is 0. The molecule has 2 fully saturated rings. The lowest BCUT2D eigenvalue weighted by atomic mass is 10.1. The van der Waals surface area contributed by atoms with Crippen LogP contribution in [0.15, 0.2) is 0 Å². The number of hydrogen-bond acceptors (Lipinski definition) is 4. The summed E-state index contributed by atoms with van der Waals surface area (Å²) in [4.78, 5) is 37.8. The molecule has 0 radical (unpaired) electrons. The van der Waals surface area contributed by atoms with Crippen LogP contribution in [0.4, 0.5) is 0 Å². The lowest BCUT2D eigenvalue weighted by Crippen LogP contribution is -2.39. The number of carbonyl (C=O) groups is 3. The van der Waals surface area contributed by atoms with Crippen molar-refractivity contribution in [2.24, 2.45) is 0 Å². The third-order valence-electron chi connectivity index (χ3n) is 4.05. The quantitative estimate of drug-likeness (QED) is 0.493. The molecule has 2 heterocycles. The van der Waals surface area contributed by atoms with Crippen LogP contribution in [-0.4, -0.2) is 66.7 Å². The van der Waals surface area contributed by atoms with Crippen LogP contribution >= 0.6 is 0 Å². The Labute approximate surface area is 113 Å². The Morgan fingerprint density at radius 2 is 2.26 bits per heavy atom. The van der Waals surface area contributed by atoms with Crippen LogP contribution in [0.5, 0.6) is 0 Å². The minimum absolute atomic E-state index is 0.0863. The van der Waals surface area contributed by atoms with Crippen molar-refractivity contribution >= 4 is 18.1 Å². The highest BCUT2D eigenvalue weighted by atomic mass is 16.2. The van der Waals surface area contributed by atoms with Gasteiger partial charge < -0.3 is 15.0 Å². The molecule has 2 unspecified atom stereocenters. The number of nitrogens with one attached hydrogen (secondary N) is 1. The highest BCUT2D eigenvalue weighted by molar-refractivity contribution is 5.91. The van der Waals surface area contributed by atoms with Crippen molar-refractivity contribution in [3.8, 4) is 0 Å². The maximum atomic E-state index is 11.8. The number of carbonyl (C=O) groups excluding carboxylic acids is 3. The molecule has 1 N–H and O–H groups in total. The van der Waals surface area contributed by atoms with Crippen LogP contribution in [0, 0.1) is 0 Å². The van der Waals surface area contributed by atoms with E-state index < -0.39 is 5.54 Å². The molecule has 0 spiro atoms. The summed E-state index contributed by atoms with van der Waals surface area (Å²) in [6.07, 6.45) is 3.52. The monoisotopic (exact) mass is 267 g/mol. The summed E-state index contributed by atoms with van der Waals surface area (Å²) in [6, 6.07) is 0. The molecule has 0 bridgehead atoms. The first-order valence-electron chi connectivity index (χ1n) is 6.82. The largest absolute Gasteiger partial charge is 0.358 e. The molecule has 0 aliphatic carbocycles. The smallest absolute Gasteiger partial charge is 0.242 e. The van der Waals surface area contributed by atoms with Crippen LogP contribution in [-0.2, 0) is 14.4 Å². The molecule has 6 heteroatoms. The summed E-state index contributed by atoms with van der Waals surface area (Å²) in [7, 11) is 1.59. The topological polar surface area (TPSA) is 69.5 Å². The predicted molar refractivity (Wildman–Crippen MR) is 69.5 cm³/mol. The van der Waals surface area contributed by atoms with E-state index >= 15 is 0 Å². The van der Waals surface area contributed by atoms with Gasteiger partial charge in [0.2, 0.25) is 11.8 Å². The van der Waals surface area contributed by atoms with Gasteiger partial charge in [0.15, 0.2) is 0 Å². The van der Waals surface area contributed by atoms with Gasteiger partial charge in [0, 0.05) is 46.1 Å². The summed E-state index contributed by atoms with van der Waals surface area (Å²) in [6.45, 7) is 3.00. The molecule has 2 aliphatic heterocycles. The molecule has 0 saturated carbocycles. The fraction of sp³-hybridized carbons (Fsp3) is 0.769. The van der Waals surface area contributed by atoms with Crippen LogP contribution in [0.3, 0.4) is 0 Å². The molecule has 106 valence electrons. The fourth-order valence-corrected chi connectivity index (χ4v) is 2.84. The first-order valence-corrected chi connectivity index (χ1v) is 6.82.